The van der Waals surface area contributed by atoms with Crippen LogP contribution in [0.3, 0.4) is 0 Å². The zero-order chi connectivity index (χ0) is 16.9. The Kier molecular flexibility index (Phi) is 6.44. The minimum atomic E-state index is -3.43. The quantitative estimate of drug-likeness (QED) is 0.812. The maximum atomic E-state index is 12.1. The average Bonchev–Trinajstić information content (AvgIpc) is 2.96. The Hall–Kier alpha value is -1.11. The van der Waals surface area contributed by atoms with Gasteiger partial charge in [0.1, 0.15) is 0 Å². The predicted molar refractivity (Wildman–Crippen MR) is 92.0 cm³/mol. The Morgan fingerprint density at radius 2 is 1.87 bits per heavy atom. The molecule has 1 aromatic carbocycles. The van der Waals surface area contributed by atoms with Crippen LogP contribution < -0.4 is 5.32 Å². The first-order valence-electron chi connectivity index (χ1n) is 7.83. The van der Waals surface area contributed by atoms with Crippen molar-refractivity contribution in [3.05, 3.63) is 34.9 Å². The molecule has 128 valence electrons. The summed E-state index contributed by atoms with van der Waals surface area (Å²) in [6.45, 7) is 0.154. The molecule has 2 rings (SSSR count). The molecule has 1 aromatic rings. The molecule has 1 saturated carbocycles. The van der Waals surface area contributed by atoms with E-state index in [4.69, 9.17) is 11.6 Å². The van der Waals surface area contributed by atoms with Crippen molar-refractivity contribution in [3.8, 4) is 0 Å². The highest BCUT2D eigenvalue weighted by molar-refractivity contribution is 7.88. The van der Waals surface area contributed by atoms with Gasteiger partial charge in [-0.2, -0.15) is 4.31 Å². The lowest BCUT2D eigenvalue weighted by Gasteiger charge is -2.21. The first-order valence-corrected chi connectivity index (χ1v) is 10.1. The third kappa shape index (κ3) is 6.12. The Bertz CT molecular complexity index is 625. The molecule has 0 atom stereocenters. The first-order chi connectivity index (χ1) is 10.8. The smallest absolute Gasteiger partial charge is 0.235 e. The monoisotopic (exact) mass is 358 g/mol. The maximum Gasteiger partial charge on any atom is 0.235 e. The van der Waals surface area contributed by atoms with E-state index in [2.05, 4.69) is 5.32 Å². The Labute approximate surface area is 143 Å². The summed E-state index contributed by atoms with van der Waals surface area (Å²) in [5.41, 5.74) is 0.985. The van der Waals surface area contributed by atoms with Crippen molar-refractivity contribution >= 4 is 27.5 Å². The van der Waals surface area contributed by atoms with Crippen LogP contribution in [0.15, 0.2) is 24.3 Å². The zero-order valence-electron chi connectivity index (χ0n) is 13.3. The van der Waals surface area contributed by atoms with Gasteiger partial charge >= 0.3 is 0 Å². The molecule has 0 aliphatic heterocycles. The van der Waals surface area contributed by atoms with Crippen LogP contribution in [0.4, 0.5) is 0 Å². The van der Waals surface area contributed by atoms with E-state index in [1.165, 1.54) is 4.31 Å². The number of halogens is 1. The fourth-order valence-electron chi connectivity index (χ4n) is 2.77. The molecule has 0 spiro atoms. The predicted octanol–water partition coefficient (Wildman–Crippen LogP) is 2.20. The molecule has 0 bridgehead atoms. The van der Waals surface area contributed by atoms with Crippen molar-refractivity contribution in [2.24, 2.45) is 0 Å². The summed E-state index contributed by atoms with van der Waals surface area (Å²) in [7, 11) is -3.43. The molecule has 0 heterocycles. The van der Waals surface area contributed by atoms with E-state index in [-0.39, 0.29) is 25.0 Å². The molecule has 0 saturated heterocycles. The standard InChI is InChI=1S/C16H23ClN2O3S/c1-23(21,22)19(11-10-13-6-8-14(17)9-7-13)12-16(20)18-15-4-2-3-5-15/h6-9,15H,2-5,10-12H2,1H3,(H,18,20). The van der Waals surface area contributed by atoms with Gasteiger partial charge in [-0.25, -0.2) is 8.42 Å². The van der Waals surface area contributed by atoms with Gasteiger partial charge in [-0.3, -0.25) is 4.79 Å². The summed E-state index contributed by atoms with van der Waals surface area (Å²) < 4.78 is 25.0. The molecule has 0 aromatic heterocycles. The highest BCUT2D eigenvalue weighted by Crippen LogP contribution is 2.17. The molecule has 1 amide bonds. The fraction of sp³-hybridized carbons (Fsp3) is 0.562. The maximum absolute atomic E-state index is 12.1. The van der Waals surface area contributed by atoms with Crippen molar-refractivity contribution in [3.63, 3.8) is 0 Å². The van der Waals surface area contributed by atoms with Crippen LogP contribution in [-0.2, 0) is 21.2 Å². The number of amides is 1. The van der Waals surface area contributed by atoms with E-state index in [1.807, 2.05) is 12.1 Å². The fourth-order valence-corrected chi connectivity index (χ4v) is 3.67. The molecule has 7 heteroatoms. The van der Waals surface area contributed by atoms with Crippen molar-refractivity contribution in [1.82, 2.24) is 9.62 Å². The molecule has 1 fully saturated rings. The lowest BCUT2D eigenvalue weighted by atomic mass is 10.1. The summed E-state index contributed by atoms with van der Waals surface area (Å²) >= 11 is 5.84. The van der Waals surface area contributed by atoms with E-state index in [1.54, 1.807) is 12.1 Å². The van der Waals surface area contributed by atoms with Crippen molar-refractivity contribution in [2.75, 3.05) is 19.3 Å². The van der Waals surface area contributed by atoms with Crippen LogP contribution in [0.25, 0.3) is 0 Å². The van der Waals surface area contributed by atoms with Gasteiger partial charge in [-0.05, 0) is 37.0 Å². The third-order valence-electron chi connectivity index (χ3n) is 4.07. The topological polar surface area (TPSA) is 66.5 Å². The first kappa shape index (κ1) is 18.2. The van der Waals surface area contributed by atoms with Gasteiger partial charge in [-0.1, -0.05) is 36.6 Å². The van der Waals surface area contributed by atoms with Gasteiger partial charge in [0.05, 0.1) is 12.8 Å². The van der Waals surface area contributed by atoms with Gasteiger partial charge in [-0.15, -0.1) is 0 Å². The molecule has 5 nitrogen and oxygen atoms in total. The molecular weight excluding hydrogens is 336 g/mol. The molecule has 1 N–H and O–H groups in total. The third-order valence-corrected chi connectivity index (χ3v) is 5.57. The highest BCUT2D eigenvalue weighted by Gasteiger charge is 2.23. The van der Waals surface area contributed by atoms with E-state index < -0.39 is 10.0 Å². The number of nitrogens with one attached hydrogen (secondary N) is 1. The molecule has 0 unspecified atom stereocenters. The summed E-state index contributed by atoms with van der Waals surface area (Å²) in [6, 6.07) is 7.46. The van der Waals surface area contributed by atoms with Crippen LogP contribution in [0, 0.1) is 0 Å². The number of carbonyl (C=O) groups is 1. The van der Waals surface area contributed by atoms with Crippen LogP contribution in [-0.4, -0.2) is 44.0 Å². The number of hydrogen-bond acceptors (Lipinski definition) is 3. The number of sulfonamides is 1. The second-order valence-electron chi connectivity index (χ2n) is 6.02. The number of hydrogen-bond donors (Lipinski definition) is 1. The lowest BCUT2D eigenvalue weighted by Crippen LogP contribution is -2.43. The van der Waals surface area contributed by atoms with E-state index in [0.717, 1.165) is 37.5 Å². The van der Waals surface area contributed by atoms with E-state index in [9.17, 15) is 13.2 Å². The minimum Gasteiger partial charge on any atom is -0.352 e. The Balaban J connectivity index is 1.91. The number of carbonyl (C=O) groups excluding carboxylic acids is 1. The highest BCUT2D eigenvalue weighted by atomic mass is 35.5. The van der Waals surface area contributed by atoms with Gasteiger partial charge in [0.2, 0.25) is 15.9 Å². The summed E-state index contributed by atoms with van der Waals surface area (Å²) in [4.78, 5) is 12.1. The number of benzene rings is 1. The SMILES string of the molecule is CS(=O)(=O)N(CCc1ccc(Cl)cc1)CC(=O)NC1CCCC1. The van der Waals surface area contributed by atoms with Crippen LogP contribution in [0.2, 0.25) is 5.02 Å². The number of nitrogens with zero attached hydrogens (tertiary/aromatic N) is 1. The van der Waals surface area contributed by atoms with Crippen LogP contribution in [0.5, 0.6) is 0 Å². The minimum absolute atomic E-state index is 0.122. The van der Waals surface area contributed by atoms with Crippen molar-refractivity contribution in [1.29, 1.82) is 0 Å². The van der Waals surface area contributed by atoms with Gasteiger partial charge in [0.15, 0.2) is 0 Å². The normalized spacial score (nSPS) is 16.0. The largest absolute Gasteiger partial charge is 0.352 e. The Morgan fingerprint density at radius 1 is 1.26 bits per heavy atom. The molecule has 0 radical (unpaired) electrons. The van der Waals surface area contributed by atoms with Crippen molar-refractivity contribution < 1.29 is 13.2 Å². The number of rotatable bonds is 7. The summed E-state index contributed by atoms with van der Waals surface area (Å²) in [5, 5.41) is 3.57. The van der Waals surface area contributed by atoms with Gasteiger partial charge in [0, 0.05) is 17.6 Å². The second-order valence-corrected chi connectivity index (χ2v) is 8.44. The molecule has 1 aliphatic carbocycles. The van der Waals surface area contributed by atoms with Gasteiger partial charge in [0.25, 0.3) is 0 Å². The molecule has 1 aliphatic rings. The average molecular weight is 359 g/mol. The van der Waals surface area contributed by atoms with Crippen LogP contribution in [0.1, 0.15) is 31.2 Å². The summed E-state index contributed by atoms with van der Waals surface area (Å²) in [5.74, 6) is -0.224. The lowest BCUT2D eigenvalue weighted by molar-refractivity contribution is -0.122. The summed E-state index contributed by atoms with van der Waals surface area (Å²) in [6.07, 6.45) is 5.89. The van der Waals surface area contributed by atoms with E-state index >= 15 is 0 Å². The molecule has 23 heavy (non-hydrogen) atoms. The Morgan fingerprint density at radius 3 is 2.43 bits per heavy atom. The molecular formula is C16H23ClN2O3S. The zero-order valence-corrected chi connectivity index (χ0v) is 14.9. The van der Waals surface area contributed by atoms with E-state index in [0.29, 0.717) is 11.4 Å². The van der Waals surface area contributed by atoms with Crippen LogP contribution >= 0.6 is 11.6 Å². The second kappa shape index (κ2) is 8.13. The van der Waals surface area contributed by atoms with Gasteiger partial charge < -0.3 is 5.32 Å². The van der Waals surface area contributed by atoms with Crippen molar-refractivity contribution in [2.45, 2.75) is 38.1 Å².